The van der Waals surface area contributed by atoms with Gasteiger partial charge < -0.3 is 10.6 Å². The largest absolute Gasteiger partial charge is 0.353 e. The highest BCUT2D eigenvalue weighted by molar-refractivity contribution is 5.76. The molecule has 0 spiro atoms. The number of hydrogen-bond donors (Lipinski definition) is 2. The predicted octanol–water partition coefficient (Wildman–Crippen LogP) is 1.04. The molecule has 0 aliphatic carbocycles. The Morgan fingerprint density at radius 3 is 3.00 bits per heavy atom. The molecule has 0 bridgehead atoms. The van der Waals surface area contributed by atoms with Crippen molar-refractivity contribution in [2.24, 2.45) is 0 Å². The van der Waals surface area contributed by atoms with Gasteiger partial charge in [0.1, 0.15) is 0 Å². The van der Waals surface area contributed by atoms with Crippen molar-refractivity contribution in [2.75, 3.05) is 6.54 Å². The lowest BCUT2D eigenvalue weighted by Crippen LogP contribution is -2.46. The molecule has 3 nitrogen and oxygen atoms in total. The zero-order valence-electron chi connectivity index (χ0n) is 8.60. The Labute approximate surface area is 80.3 Å². The number of hydrogen-bond acceptors (Lipinski definition) is 2. The molecule has 13 heavy (non-hydrogen) atoms. The van der Waals surface area contributed by atoms with E-state index in [1.54, 1.807) is 0 Å². The fraction of sp³-hybridized carbons (Fsp3) is 0.900. The number of carbonyl (C=O) groups excluding carboxylic acids is 1. The van der Waals surface area contributed by atoms with Crippen LogP contribution in [0.5, 0.6) is 0 Å². The van der Waals surface area contributed by atoms with Crippen molar-refractivity contribution in [1.82, 2.24) is 10.6 Å². The van der Waals surface area contributed by atoms with Crippen LogP contribution in [-0.4, -0.2) is 24.5 Å². The molecule has 2 unspecified atom stereocenters. The van der Waals surface area contributed by atoms with Gasteiger partial charge in [0.25, 0.3) is 0 Å². The Morgan fingerprint density at radius 1 is 1.62 bits per heavy atom. The zero-order valence-corrected chi connectivity index (χ0v) is 8.60. The summed E-state index contributed by atoms with van der Waals surface area (Å²) in [6.07, 6.45) is 3.74. The van der Waals surface area contributed by atoms with Gasteiger partial charge in [-0.25, -0.2) is 0 Å². The SMILES string of the molecule is CCCC(=O)NC1CCNC(C)C1. The maximum absolute atomic E-state index is 11.3. The summed E-state index contributed by atoms with van der Waals surface area (Å²) in [7, 11) is 0. The summed E-state index contributed by atoms with van der Waals surface area (Å²) < 4.78 is 0. The predicted molar refractivity (Wildman–Crippen MR) is 53.5 cm³/mol. The van der Waals surface area contributed by atoms with Gasteiger partial charge in [-0.2, -0.15) is 0 Å². The van der Waals surface area contributed by atoms with E-state index < -0.39 is 0 Å². The van der Waals surface area contributed by atoms with Crippen molar-refractivity contribution >= 4 is 5.91 Å². The maximum atomic E-state index is 11.3. The Balaban J connectivity index is 2.23. The van der Waals surface area contributed by atoms with Crippen LogP contribution in [0.2, 0.25) is 0 Å². The minimum Gasteiger partial charge on any atom is -0.353 e. The van der Waals surface area contributed by atoms with Crippen LogP contribution in [0.1, 0.15) is 39.5 Å². The number of rotatable bonds is 3. The normalized spacial score (nSPS) is 28.5. The average Bonchev–Trinajstić information content (AvgIpc) is 2.04. The quantitative estimate of drug-likeness (QED) is 0.688. The number of carbonyl (C=O) groups is 1. The second kappa shape index (κ2) is 5.22. The third-order valence-electron chi connectivity index (χ3n) is 2.47. The molecular formula is C10H20N2O. The van der Waals surface area contributed by atoms with Gasteiger partial charge in [-0.05, 0) is 32.7 Å². The summed E-state index contributed by atoms with van der Waals surface area (Å²) in [5.74, 6) is 0.210. The molecule has 1 saturated heterocycles. The third kappa shape index (κ3) is 3.77. The number of piperidine rings is 1. The highest BCUT2D eigenvalue weighted by Crippen LogP contribution is 2.08. The van der Waals surface area contributed by atoms with E-state index in [1.807, 2.05) is 6.92 Å². The number of nitrogens with one attached hydrogen (secondary N) is 2. The van der Waals surface area contributed by atoms with Gasteiger partial charge in [-0.3, -0.25) is 4.79 Å². The average molecular weight is 184 g/mol. The van der Waals surface area contributed by atoms with Crippen molar-refractivity contribution in [3.63, 3.8) is 0 Å². The first-order valence-electron chi connectivity index (χ1n) is 5.25. The molecule has 0 aromatic carbocycles. The highest BCUT2D eigenvalue weighted by Gasteiger charge is 2.19. The van der Waals surface area contributed by atoms with Crippen LogP contribution >= 0.6 is 0 Å². The summed E-state index contributed by atoms with van der Waals surface area (Å²) in [4.78, 5) is 11.3. The lowest BCUT2D eigenvalue weighted by Gasteiger charge is -2.28. The van der Waals surface area contributed by atoms with Crippen LogP contribution in [0.15, 0.2) is 0 Å². The van der Waals surface area contributed by atoms with E-state index in [9.17, 15) is 4.79 Å². The van der Waals surface area contributed by atoms with Gasteiger partial charge in [0, 0.05) is 18.5 Å². The van der Waals surface area contributed by atoms with Gasteiger partial charge in [-0.1, -0.05) is 6.92 Å². The molecular weight excluding hydrogens is 164 g/mol. The van der Waals surface area contributed by atoms with Crippen molar-refractivity contribution in [3.05, 3.63) is 0 Å². The molecule has 1 aliphatic rings. The van der Waals surface area contributed by atoms with E-state index >= 15 is 0 Å². The van der Waals surface area contributed by atoms with Gasteiger partial charge in [0.05, 0.1) is 0 Å². The Hall–Kier alpha value is -0.570. The number of amides is 1. The van der Waals surface area contributed by atoms with E-state index in [4.69, 9.17) is 0 Å². The first kappa shape index (κ1) is 10.5. The van der Waals surface area contributed by atoms with Gasteiger partial charge in [-0.15, -0.1) is 0 Å². The van der Waals surface area contributed by atoms with Crippen molar-refractivity contribution in [3.8, 4) is 0 Å². The summed E-state index contributed by atoms with van der Waals surface area (Å²) in [6, 6.07) is 0.941. The van der Waals surface area contributed by atoms with Crippen LogP contribution in [0.3, 0.4) is 0 Å². The first-order chi connectivity index (χ1) is 6.22. The molecule has 1 amide bonds. The van der Waals surface area contributed by atoms with Crippen LogP contribution in [0, 0.1) is 0 Å². The standard InChI is InChI=1S/C10H20N2O/c1-3-4-10(13)12-9-5-6-11-8(2)7-9/h8-9,11H,3-7H2,1-2H3,(H,12,13). The molecule has 2 N–H and O–H groups in total. The van der Waals surface area contributed by atoms with Crippen molar-refractivity contribution in [1.29, 1.82) is 0 Å². The van der Waals surface area contributed by atoms with E-state index in [0.717, 1.165) is 25.8 Å². The first-order valence-corrected chi connectivity index (χ1v) is 5.25. The lowest BCUT2D eigenvalue weighted by atomic mass is 10.0. The third-order valence-corrected chi connectivity index (χ3v) is 2.47. The van der Waals surface area contributed by atoms with E-state index in [2.05, 4.69) is 17.6 Å². The fourth-order valence-corrected chi connectivity index (χ4v) is 1.79. The lowest BCUT2D eigenvalue weighted by molar-refractivity contribution is -0.122. The molecule has 0 aromatic rings. The molecule has 0 aromatic heterocycles. The molecule has 1 fully saturated rings. The van der Waals surface area contributed by atoms with Gasteiger partial charge in [0.2, 0.25) is 5.91 Å². The molecule has 0 saturated carbocycles. The van der Waals surface area contributed by atoms with Crippen LogP contribution < -0.4 is 10.6 Å². The van der Waals surface area contributed by atoms with Gasteiger partial charge in [0.15, 0.2) is 0 Å². The summed E-state index contributed by atoms with van der Waals surface area (Å²) >= 11 is 0. The zero-order chi connectivity index (χ0) is 9.68. The Morgan fingerprint density at radius 2 is 2.38 bits per heavy atom. The van der Waals surface area contributed by atoms with Crippen molar-refractivity contribution < 1.29 is 4.79 Å². The molecule has 2 atom stereocenters. The maximum Gasteiger partial charge on any atom is 0.220 e. The molecule has 3 heteroatoms. The highest BCUT2D eigenvalue weighted by atomic mass is 16.1. The minimum absolute atomic E-state index is 0.210. The molecule has 1 rings (SSSR count). The van der Waals surface area contributed by atoms with E-state index in [1.165, 1.54) is 0 Å². The van der Waals surface area contributed by atoms with E-state index in [0.29, 0.717) is 18.5 Å². The summed E-state index contributed by atoms with van der Waals surface area (Å²) in [5.41, 5.74) is 0. The smallest absolute Gasteiger partial charge is 0.220 e. The Bertz CT molecular complexity index is 170. The summed E-state index contributed by atoms with van der Waals surface area (Å²) in [5, 5.41) is 6.44. The van der Waals surface area contributed by atoms with E-state index in [-0.39, 0.29) is 5.91 Å². The van der Waals surface area contributed by atoms with Crippen LogP contribution in [0.25, 0.3) is 0 Å². The molecule has 1 aliphatic heterocycles. The van der Waals surface area contributed by atoms with Crippen LogP contribution in [0.4, 0.5) is 0 Å². The molecule has 1 heterocycles. The minimum atomic E-state index is 0.210. The Kier molecular flexibility index (Phi) is 4.22. The molecule has 76 valence electrons. The van der Waals surface area contributed by atoms with Crippen molar-refractivity contribution in [2.45, 2.75) is 51.6 Å². The fourth-order valence-electron chi connectivity index (χ4n) is 1.79. The topological polar surface area (TPSA) is 41.1 Å². The monoisotopic (exact) mass is 184 g/mol. The van der Waals surface area contributed by atoms with Gasteiger partial charge >= 0.3 is 0 Å². The second-order valence-electron chi connectivity index (χ2n) is 3.89. The summed E-state index contributed by atoms with van der Waals surface area (Å²) in [6.45, 7) is 5.22. The molecule has 0 radical (unpaired) electrons. The second-order valence-corrected chi connectivity index (χ2v) is 3.89. The van der Waals surface area contributed by atoms with Crippen LogP contribution in [-0.2, 0) is 4.79 Å².